The van der Waals surface area contributed by atoms with Crippen LogP contribution in [0.1, 0.15) is 12.5 Å². The van der Waals surface area contributed by atoms with Crippen LogP contribution in [0.5, 0.6) is 5.75 Å². The molecule has 0 fully saturated rings. The van der Waals surface area contributed by atoms with Crippen molar-refractivity contribution in [3.8, 4) is 5.75 Å². The van der Waals surface area contributed by atoms with Crippen LogP contribution in [0.2, 0.25) is 0 Å². The van der Waals surface area contributed by atoms with Gasteiger partial charge in [0.2, 0.25) is 5.91 Å². The molecule has 20 heavy (non-hydrogen) atoms. The minimum atomic E-state index is -2.98. The molecule has 112 valence electrons. The van der Waals surface area contributed by atoms with Gasteiger partial charge < -0.3 is 9.47 Å². The van der Waals surface area contributed by atoms with E-state index < -0.39 is 12.5 Å². The minimum absolute atomic E-state index is 0.0742. The number of alkyl halides is 3. The molecule has 0 saturated carbocycles. The molecule has 0 aromatic heterocycles. The number of amides is 1. The Labute approximate surface area is 121 Å². The summed E-state index contributed by atoms with van der Waals surface area (Å²) in [6, 6.07) is 4.71. The van der Waals surface area contributed by atoms with E-state index in [4.69, 9.17) is 16.3 Å². The lowest BCUT2D eigenvalue weighted by atomic mass is 10.1. The van der Waals surface area contributed by atoms with Gasteiger partial charge in [-0.05, 0) is 18.1 Å². The normalized spacial score (nSPS) is 10.7. The summed E-state index contributed by atoms with van der Waals surface area (Å²) in [6.45, 7) is -1.22. The van der Waals surface area contributed by atoms with Crippen molar-refractivity contribution in [1.29, 1.82) is 0 Å². The van der Waals surface area contributed by atoms with Gasteiger partial charge in [-0.15, -0.1) is 11.6 Å². The molecule has 0 aliphatic rings. The van der Waals surface area contributed by atoms with Crippen LogP contribution in [-0.2, 0) is 16.0 Å². The highest BCUT2D eigenvalue weighted by Crippen LogP contribution is 2.34. The second-order valence-corrected chi connectivity index (χ2v) is 4.14. The lowest BCUT2D eigenvalue weighted by Crippen LogP contribution is -2.35. The molecule has 0 bridgehead atoms. The van der Waals surface area contributed by atoms with Crippen molar-refractivity contribution in [3.63, 3.8) is 0 Å². The van der Waals surface area contributed by atoms with Gasteiger partial charge >= 0.3 is 6.61 Å². The Hall–Kier alpha value is -1.40. The first-order valence-corrected chi connectivity index (χ1v) is 6.50. The Morgan fingerprint density at radius 1 is 1.45 bits per heavy atom. The summed E-state index contributed by atoms with van der Waals surface area (Å²) in [6.07, 6.45) is 0.547. The molecule has 0 radical (unpaired) electrons. The van der Waals surface area contributed by atoms with Crippen LogP contribution in [0.3, 0.4) is 0 Å². The first-order chi connectivity index (χ1) is 9.54. The van der Waals surface area contributed by atoms with Gasteiger partial charge in [0.25, 0.3) is 0 Å². The number of ether oxygens (including phenoxy) is 2. The van der Waals surface area contributed by atoms with Gasteiger partial charge in [-0.25, -0.2) is 0 Å². The van der Waals surface area contributed by atoms with E-state index in [0.29, 0.717) is 12.0 Å². The van der Waals surface area contributed by atoms with Crippen molar-refractivity contribution >= 4 is 23.2 Å². The SMILES string of the molecule is CCc1cccc(OC(F)F)c1N(COC)C(=O)CCl. The molecule has 0 atom stereocenters. The van der Waals surface area contributed by atoms with Gasteiger partial charge in [0, 0.05) is 7.11 Å². The van der Waals surface area contributed by atoms with Gasteiger partial charge in [-0.3, -0.25) is 9.69 Å². The highest BCUT2D eigenvalue weighted by atomic mass is 35.5. The van der Waals surface area contributed by atoms with E-state index in [-0.39, 0.29) is 24.0 Å². The maximum atomic E-state index is 12.5. The zero-order chi connectivity index (χ0) is 15.1. The van der Waals surface area contributed by atoms with Gasteiger partial charge in [-0.2, -0.15) is 8.78 Å². The number of benzene rings is 1. The van der Waals surface area contributed by atoms with Crippen molar-refractivity contribution in [2.75, 3.05) is 24.6 Å². The standard InChI is InChI=1S/C13H16ClF2NO3/c1-3-9-5-4-6-10(20-13(15)16)12(9)17(8-19-2)11(18)7-14/h4-6,13H,3,7-8H2,1-2H3. The zero-order valence-electron chi connectivity index (χ0n) is 11.2. The topological polar surface area (TPSA) is 38.8 Å². The maximum Gasteiger partial charge on any atom is 0.387 e. The van der Waals surface area contributed by atoms with E-state index in [1.54, 1.807) is 12.1 Å². The molecule has 0 saturated heterocycles. The number of carbonyl (C=O) groups excluding carboxylic acids is 1. The Kier molecular flexibility index (Phi) is 6.67. The molecule has 0 aliphatic heterocycles. The fourth-order valence-corrected chi connectivity index (χ4v) is 1.96. The average molecular weight is 308 g/mol. The van der Waals surface area contributed by atoms with E-state index in [1.807, 2.05) is 6.92 Å². The fourth-order valence-electron chi connectivity index (χ4n) is 1.81. The van der Waals surface area contributed by atoms with Crippen LogP contribution in [0.25, 0.3) is 0 Å². The van der Waals surface area contributed by atoms with E-state index in [2.05, 4.69) is 4.74 Å². The number of carbonyl (C=O) groups is 1. The summed E-state index contributed by atoms with van der Waals surface area (Å²) in [5.41, 5.74) is 0.960. The van der Waals surface area contributed by atoms with Crippen LogP contribution in [0, 0.1) is 0 Å². The molecule has 0 aliphatic carbocycles. The van der Waals surface area contributed by atoms with E-state index in [0.717, 1.165) is 0 Å². The molecule has 1 aromatic rings. The van der Waals surface area contributed by atoms with Gasteiger partial charge in [0.15, 0.2) is 0 Å². The predicted octanol–water partition coefficient (Wildman–Crippen LogP) is 3.03. The third-order valence-electron chi connectivity index (χ3n) is 2.62. The van der Waals surface area contributed by atoms with Crippen molar-refractivity contribution in [2.24, 2.45) is 0 Å². The summed E-state index contributed by atoms with van der Waals surface area (Å²) in [7, 11) is 1.40. The van der Waals surface area contributed by atoms with Gasteiger partial charge in [0.1, 0.15) is 18.4 Å². The number of nitrogens with zero attached hydrogens (tertiary/aromatic N) is 1. The highest BCUT2D eigenvalue weighted by molar-refractivity contribution is 6.29. The van der Waals surface area contributed by atoms with Crippen LogP contribution >= 0.6 is 11.6 Å². The second-order valence-electron chi connectivity index (χ2n) is 3.87. The molecule has 0 spiro atoms. The summed E-state index contributed by atoms with van der Waals surface area (Å²) in [5.74, 6) is -0.807. The van der Waals surface area contributed by atoms with Gasteiger partial charge in [-0.1, -0.05) is 19.1 Å². The van der Waals surface area contributed by atoms with Crippen molar-refractivity contribution in [3.05, 3.63) is 23.8 Å². The number of hydrogen-bond donors (Lipinski definition) is 0. The fraction of sp³-hybridized carbons (Fsp3) is 0.462. The lowest BCUT2D eigenvalue weighted by molar-refractivity contribution is -0.117. The molecular formula is C13H16ClF2NO3. The molecule has 0 heterocycles. The number of anilines is 1. The second kappa shape index (κ2) is 8.01. The summed E-state index contributed by atoms with van der Waals surface area (Å²) in [4.78, 5) is 13.1. The van der Waals surface area contributed by atoms with Crippen LogP contribution in [0.15, 0.2) is 18.2 Å². The van der Waals surface area contributed by atoms with Gasteiger partial charge in [0.05, 0.1) is 5.69 Å². The van der Waals surface area contributed by atoms with Crippen LogP contribution < -0.4 is 9.64 Å². The molecule has 4 nitrogen and oxygen atoms in total. The maximum absolute atomic E-state index is 12.5. The number of methoxy groups -OCH3 is 1. The Bertz CT molecular complexity index is 457. The molecule has 0 unspecified atom stereocenters. The van der Waals surface area contributed by atoms with Crippen molar-refractivity contribution < 1.29 is 23.0 Å². The first-order valence-electron chi connectivity index (χ1n) is 5.97. The third-order valence-corrected chi connectivity index (χ3v) is 2.85. The molecule has 1 rings (SSSR count). The van der Waals surface area contributed by atoms with E-state index in [9.17, 15) is 13.6 Å². The largest absolute Gasteiger partial charge is 0.433 e. The minimum Gasteiger partial charge on any atom is -0.433 e. The smallest absolute Gasteiger partial charge is 0.387 e. The molecule has 0 N–H and O–H groups in total. The Balaban J connectivity index is 3.31. The Morgan fingerprint density at radius 3 is 2.65 bits per heavy atom. The van der Waals surface area contributed by atoms with E-state index in [1.165, 1.54) is 18.1 Å². The monoisotopic (exact) mass is 307 g/mol. The number of hydrogen-bond acceptors (Lipinski definition) is 3. The molecule has 1 aromatic carbocycles. The number of halogens is 3. The Morgan fingerprint density at radius 2 is 2.15 bits per heavy atom. The predicted molar refractivity (Wildman–Crippen MR) is 72.5 cm³/mol. The average Bonchev–Trinajstić information content (AvgIpc) is 2.43. The lowest BCUT2D eigenvalue weighted by Gasteiger charge is -2.25. The zero-order valence-corrected chi connectivity index (χ0v) is 12.0. The highest BCUT2D eigenvalue weighted by Gasteiger charge is 2.23. The quantitative estimate of drug-likeness (QED) is 0.574. The van der Waals surface area contributed by atoms with Crippen molar-refractivity contribution in [2.45, 2.75) is 20.0 Å². The van der Waals surface area contributed by atoms with Crippen LogP contribution in [-0.4, -0.2) is 32.2 Å². The molecule has 7 heteroatoms. The summed E-state index contributed by atoms with van der Waals surface area (Å²) < 4.78 is 34.4. The number of para-hydroxylation sites is 1. The third kappa shape index (κ3) is 4.05. The summed E-state index contributed by atoms with van der Waals surface area (Å²) >= 11 is 5.55. The molecule has 1 amide bonds. The number of rotatable bonds is 7. The van der Waals surface area contributed by atoms with Crippen molar-refractivity contribution in [1.82, 2.24) is 0 Å². The van der Waals surface area contributed by atoms with Crippen LogP contribution in [0.4, 0.5) is 14.5 Å². The first kappa shape index (κ1) is 16.7. The summed E-state index contributed by atoms with van der Waals surface area (Å²) in [5, 5.41) is 0. The number of aryl methyl sites for hydroxylation is 1. The molecular weight excluding hydrogens is 292 g/mol. The van der Waals surface area contributed by atoms with E-state index >= 15 is 0 Å².